The van der Waals surface area contributed by atoms with Gasteiger partial charge in [-0.1, -0.05) is 0 Å². The summed E-state index contributed by atoms with van der Waals surface area (Å²) in [4.78, 5) is 29.1. The van der Waals surface area contributed by atoms with Gasteiger partial charge in [0.25, 0.3) is 5.69 Å². The Morgan fingerprint density at radius 2 is 2.00 bits per heavy atom. The predicted molar refractivity (Wildman–Crippen MR) is 84.2 cm³/mol. The van der Waals surface area contributed by atoms with Crippen LogP contribution >= 0.6 is 0 Å². The van der Waals surface area contributed by atoms with Crippen LogP contribution in [0, 0.1) is 10.1 Å². The van der Waals surface area contributed by atoms with E-state index in [0.29, 0.717) is 22.0 Å². The van der Waals surface area contributed by atoms with Gasteiger partial charge < -0.3 is 10.1 Å². The Hall–Kier alpha value is -3.22. The molecule has 3 rings (SSSR count). The minimum atomic E-state index is -1.03. The number of carboxylic acid groups (broad SMARTS) is 1. The summed E-state index contributed by atoms with van der Waals surface area (Å²) in [6, 6.07) is 6.75. The van der Waals surface area contributed by atoms with Gasteiger partial charge >= 0.3 is 5.97 Å². The van der Waals surface area contributed by atoms with Crippen LogP contribution < -0.4 is 0 Å². The highest BCUT2D eigenvalue weighted by Gasteiger charge is 2.25. The summed E-state index contributed by atoms with van der Waals surface area (Å²) in [5.74, 6) is -1.87. The monoisotopic (exact) mass is 311 g/mol. The molecular weight excluding hydrogens is 298 g/mol. The molecule has 2 N–H and O–H groups in total. The van der Waals surface area contributed by atoms with Crippen LogP contribution in [-0.4, -0.2) is 26.0 Å². The van der Waals surface area contributed by atoms with Crippen LogP contribution in [0.3, 0.4) is 0 Å². The number of nitro groups is 1. The normalized spacial score (nSPS) is 12.2. The van der Waals surface area contributed by atoms with E-state index in [9.17, 15) is 20.0 Å². The zero-order valence-corrected chi connectivity index (χ0v) is 12.2. The van der Waals surface area contributed by atoms with Crippen molar-refractivity contribution in [2.75, 3.05) is 0 Å². The number of nitro benzene ring substituents is 1. The number of hydrogen-bond donors (Lipinski definition) is 2. The molecule has 7 heteroatoms. The van der Waals surface area contributed by atoms with Crippen molar-refractivity contribution < 1.29 is 14.8 Å². The van der Waals surface area contributed by atoms with Crippen molar-refractivity contribution in [3.8, 4) is 11.1 Å². The Bertz CT molecular complexity index is 902. The second-order valence-electron chi connectivity index (χ2n) is 5.21. The van der Waals surface area contributed by atoms with Crippen LogP contribution in [0.5, 0.6) is 0 Å². The lowest BCUT2D eigenvalue weighted by molar-refractivity contribution is -0.383. The summed E-state index contributed by atoms with van der Waals surface area (Å²) in [6.07, 6.45) is 4.74. The van der Waals surface area contributed by atoms with Crippen LogP contribution in [0.25, 0.3) is 22.0 Å². The van der Waals surface area contributed by atoms with Gasteiger partial charge in [-0.15, -0.1) is 0 Å². The Morgan fingerprint density at radius 1 is 1.30 bits per heavy atom. The fourth-order valence-corrected chi connectivity index (χ4v) is 2.60. The lowest BCUT2D eigenvalue weighted by atomic mass is 9.97. The zero-order valence-electron chi connectivity index (χ0n) is 12.2. The van der Waals surface area contributed by atoms with Crippen LogP contribution in [0.1, 0.15) is 18.4 Å². The number of H-pyrrole nitrogens is 1. The molecule has 0 radical (unpaired) electrons. The van der Waals surface area contributed by atoms with E-state index in [0.717, 1.165) is 5.56 Å². The van der Waals surface area contributed by atoms with E-state index in [1.165, 1.54) is 19.2 Å². The van der Waals surface area contributed by atoms with E-state index in [-0.39, 0.29) is 5.69 Å². The van der Waals surface area contributed by atoms with Gasteiger partial charge in [0.2, 0.25) is 0 Å². The number of carbonyl (C=O) groups is 1. The summed E-state index contributed by atoms with van der Waals surface area (Å²) in [6.45, 7) is 1.51. The number of nitrogens with one attached hydrogen (secondary N) is 1. The molecule has 0 spiro atoms. The molecule has 1 aromatic carbocycles. The van der Waals surface area contributed by atoms with Crippen LogP contribution in [0.2, 0.25) is 0 Å². The minimum Gasteiger partial charge on any atom is -0.481 e. The maximum atomic E-state index is 11.5. The number of nitrogens with zero attached hydrogens (tertiary/aromatic N) is 2. The number of benzene rings is 1. The topological polar surface area (TPSA) is 109 Å². The predicted octanol–water partition coefficient (Wildman–Crippen LogP) is 3.33. The molecule has 1 atom stereocenters. The molecule has 2 heterocycles. The molecule has 0 amide bonds. The summed E-state index contributed by atoms with van der Waals surface area (Å²) in [5.41, 5.74) is 2.30. The summed E-state index contributed by atoms with van der Waals surface area (Å²) >= 11 is 0. The van der Waals surface area contributed by atoms with Crippen molar-refractivity contribution in [3.05, 3.63) is 58.5 Å². The molecule has 0 saturated carbocycles. The highest BCUT2D eigenvalue weighted by atomic mass is 16.6. The van der Waals surface area contributed by atoms with Gasteiger partial charge in [-0.3, -0.25) is 19.9 Å². The number of aliphatic carboxylic acids is 1. The second-order valence-corrected chi connectivity index (χ2v) is 5.21. The Kier molecular flexibility index (Phi) is 3.53. The number of fused-ring (bicyclic) bond motifs is 1. The Balaban J connectivity index is 2.28. The lowest BCUT2D eigenvalue weighted by Gasteiger charge is -2.07. The molecule has 0 saturated heterocycles. The minimum absolute atomic E-state index is 0.112. The molecule has 0 aliphatic carbocycles. The van der Waals surface area contributed by atoms with E-state index in [4.69, 9.17) is 0 Å². The van der Waals surface area contributed by atoms with Crippen LogP contribution in [0.15, 0.2) is 42.9 Å². The first-order valence-electron chi connectivity index (χ1n) is 6.91. The second kappa shape index (κ2) is 5.53. The van der Waals surface area contributed by atoms with Crippen molar-refractivity contribution in [1.82, 2.24) is 9.97 Å². The summed E-state index contributed by atoms with van der Waals surface area (Å²) in [5, 5.41) is 21.0. The molecule has 0 bridgehead atoms. The van der Waals surface area contributed by atoms with E-state index in [2.05, 4.69) is 9.97 Å². The van der Waals surface area contributed by atoms with Gasteiger partial charge in [0.15, 0.2) is 0 Å². The standard InChI is InChI=1S/C16H13N3O4/c1-9(16(20)21)12-8-18-13-6-11(10-2-4-17-5-3-10)7-14(15(12)13)19(22)23/h2-9,18H,1H3,(H,20,21). The third-order valence-corrected chi connectivity index (χ3v) is 3.84. The zero-order chi connectivity index (χ0) is 16.6. The lowest BCUT2D eigenvalue weighted by Crippen LogP contribution is -2.07. The van der Waals surface area contributed by atoms with Gasteiger partial charge in [-0.2, -0.15) is 0 Å². The average Bonchev–Trinajstić information content (AvgIpc) is 2.97. The molecule has 1 unspecified atom stereocenters. The number of non-ortho nitro benzene ring substituents is 1. The van der Waals surface area contributed by atoms with E-state index < -0.39 is 16.8 Å². The molecule has 0 aliphatic heterocycles. The smallest absolute Gasteiger partial charge is 0.310 e. The first kappa shape index (κ1) is 14.7. The fourth-order valence-electron chi connectivity index (χ4n) is 2.60. The largest absolute Gasteiger partial charge is 0.481 e. The number of carboxylic acids is 1. The maximum Gasteiger partial charge on any atom is 0.310 e. The van der Waals surface area contributed by atoms with E-state index in [1.807, 2.05) is 0 Å². The van der Waals surface area contributed by atoms with Gasteiger partial charge in [0, 0.05) is 24.7 Å². The molecule has 116 valence electrons. The summed E-state index contributed by atoms with van der Waals surface area (Å²) < 4.78 is 0. The fraction of sp³-hybridized carbons (Fsp3) is 0.125. The third kappa shape index (κ3) is 2.52. The first-order chi connectivity index (χ1) is 11.0. The SMILES string of the molecule is CC(C(=O)O)c1c[nH]c2cc(-c3ccncc3)cc([N+](=O)[O-])c12. The third-order valence-electron chi connectivity index (χ3n) is 3.84. The molecule has 0 aliphatic rings. The molecule has 3 aromatic rings. The molecule has 2 aromatic heterocycles. The number of aromatic nitrogens is 2. The number of pyridine rings is 1. The van der Waals surface area contributed by atoms with Crippen LogP contribution in [-0.2, 0) is 4.79 Å². The van der Waals surface area contributed by atoms with E-state index in [1.54, 1.807) is 30.6 Å². The first-order valence-corrected chi connectivity index (χ1v) is 6.91. The quantitative estimate of drug-likeness (QED) is 0.567. The summed E-state index contributed by atoms with van der Waals surface area (Å²) in [7, 11) is 0. The molecule has 23 heavy (non-hydrogen) atoms. The van der Waals surface area contributed by atoms with Gasteiger partial charge in [-0.05, 0) is 41.8 Å². The van der Waals surface area contributed by atoms with E-state index >= 15 is 0 Å². The highest BCUT2D eigenvalue weighted by Crippen LogP contribution is 2.36. The highest BCUT2D eigenvalue weighted by molar-refractivity contribution is 5.98. The van der Waals surface area contributed by atoms with Crippen molar-refractivity contribution in [2.24, 2.45) is 0 Å². The number of hydrogen-bond acceptors (Lipinski definition) is 4. The maximum absolute atomic E-state index is 11.5. The molecular formula is C16H13N3O4. The van der Waals surface area contributed by atoms with Crippen molar-refractivity contribution in [1.29, 1.82) is 0 Å². The Morgan fingerprint density at radius 3 is 2.61 bits per heavy atom. The van der Waals surface area contributed by atoms with Crippen molar-refractivity contribution in [3.63, 3.8) is 0 Å². The van der Waals surface area contributed by atoms with Gasteiger partial charge in [-0.25, -0.2) is 0 Å². The average molecular weight is 311 g/mol. The van der Waals surface area contributed by atoms with Gasteiger partial charge in [0.05, 0.1) is 21.7 Å². The Labute approximate surface area is 130 Å². The van der Waals surface area contributed by atoms with Crippen molar-refractivity contribution in [2.45, 2.75) is 12.8 Å². The number of aromatic amines is 1. The van der Waals surface area contributed by atoms with Crippen molar-refractivity contribution >= 4 is 22.6 Å². The molecule has 7 nitrogen and oxygen atoms in total. The molecule has 0 fully saturated rings. The number of rotatable bonds is 4. The van der Waals surface area contributed by atoms with Crippen LogP contribution in [0.4, 0.5) is 5.69 Å². The van der Waals surface area contributed by atoms with Gasteiger partial charge in [0.1, 0.15) is 0 Å².